The lowest BCUT2D eigenvalue weighted by Crippen LogP contribution is -2.15. The monoisotopic (exact) mass is 242 g/mol. The zero-order valence-electron chi connectivity index (χ0n) is 9.84. The number of benzene rings is 2. The molecular formula is C15H14O3. The van der Waals surface area contributed by atoms with Crippen LogP contribution >= 0.6 is 0 Å². The molecule has 18 heavy (non-hydrogen) atoms. The lowest BCUT2D eigenvalue weighted by atomic mass is 9.97. The molecule has 1 heterocycles. The molecule has 3 nitrogen and oxygen atoms in total. The Labute approximate surface area is 105 Å². The molecule has 2 N–H and O–H groups in total. The zero-order valence-corrected chi connectivity index (χ0v) is 9.84. The van der Waals surface area contributed by atoms with Crippen molar-refractivity contribution in [2.24, 2.45) is 0 Å². The Morgan fingerprint density at radius 1 is 1.06 bits per heavy atom. The van der Waals surface area contributed by atoms with Crippen molar-refractivity contribution < 1.29 is 14.9 Å². The van der Waals surface area contributed by atoms with E-state index in [-0.39, 0.29) is 17.6 Å². The van der Waals surface area contributed by atoms with Crippen LogP contribution in [0.1, 0.15) is 23.7 Å². The predicted octanol–water partition coefficient (Wildman–Crippen LogP) is 3.16. The average molecular weight is 242 g/mol. The molecule has 1 unspecified atom stereocenters. The van der Waals surface area contributed by atoms with Gasteiger partial charge < -0.3 is 14.9 Å². The number of phenolic OH excluding ortho intramolecular Hbond substituents is 2. The minimum absolute atomic E-state index is 0.152. The standard InChI is InChI=1S/C15H14O3/c16-11-7-5-10-6-8-14(18-15(10)9-11)12-3-1-2-4-13(12)17/h1-5,7,9,14,16-17H,6,8H2. The van der Waals surface area contributed by atoms with Crippen molar-refractivity contribution in [2.75, 3.05) is 0 Å². The van der Waals surface area contributed by atoms with Crippen LogP contribution in [0.25, 0.3) is 0 Å². The maximum Gasteiger partial charge on any atom is 0.128 e. The van der Waals surface area contributed by atoms with Crippen molar-refractivity contribution in [3.8, 4) is 17.2 Å². The number of phenols is 2. The van der Waals surface area contributed by atoms with E-state index in [1.807, 2.05) is 18.2 Å². The van der Waals surface area contributed by atoms with Crippen molar-refractivity contribution >= 4 is 0 Å². The van der Waals surface area contributed by atoms with Crippen LogP contribution in [0, 0.1) is 0 Å². The summed E-state index contributed by atoms with van der Waals surface area (Å²) in [5.41, 5.74) is 1.89. The van der Waals surface area contributed by atoms with E-state index < -0.39 is 0 Å². The Hall–Kier alpha value is -2.16. The Morgan fingerprint density at radius 3 is 2.72 bits per heavy atom. The van der Waals surface area contributed by atoms with Crippen LogP contribution in [0.2, 0.25) is 0 Å². The number of hydrogen-bond acceptors (Lipinski definition) is 3. The molecule has 3 rings (SSSR count). The van der Waals surface area contributed by atoms with Gasteiger partial charge in [-0.3, -0.25) is 0 Å². The first-order chi connectivity index (χ1) is 8.74. The third-order valence-corrected chi connectivity index (χ3v) is 3.28. The molecule has 1 atom stereocenters. The average Bonchev–Trinajstić information content (AvgIpc) is 2.38. The topological polar surface area (TPSA) is 49.7 Å². The molecule has 3 heteroatoms. The molecule has 1 aliphatic rings. The van der Waals surface area contributed by atoms with Gasteiger partial charge in [0.05, 0.1) is 0 Å². The van der Waals surface area contributed by atoms with Crippen LogP contribution in [0.15, 0.2) is 42.5 Å². The fraction of sp³-hybridized carbons (Fsp3) is 0.200. The maximum absolute atomic E-state index is 9.84. The van der Waals surface area contributed by atoms with Gasteiger partial charge >= 0.3 is 0 Å². The van der Waals surface area contributed by atoms with Crippen LogP contribution in [0.3, 0.4) is 0 Å². The number of ether oxygens (including phenoxy) is 1. The molecule has 2 aromatic rings. The first-order valence-electron chi connectivity index (χ1n) is 6.00. The Morgan fingerprint density at radius 2 is 1.89 bits per heavy atom. The van der Waals surface area contributed by atoms with Crippen molar-refractivity contribution in [1.29, 1.82) is 0 Å². The first-order valence-corrected chi connectivity index (χ1v) is 6.00. The minimum Gasteiger partial charge on any atom is -0.508 e. The van der Waals surface area contributed by atoms with Crippen molar-refractivity contribution in [2.45, 2.75) is 18.9 Å². The van der Waals surface area contributed by atoms with Gasteiger partial charge in [0.1, 0.15) is 23.4 Å². The Kier molecular flexibility index (Phi) is 2.59. The molecule has 0 aromatic heterocycles. The molecule has 0 bridgehead atoms. The van der Waals surface area contributed by atoms with Gasteiger partial charge in [-0.15, -0.1) is 0 Å². The summed E-state index contributed by atoms with van der Waals surface area (Å²) in [6.07, 6.45) is 1.56. The highest BCUT2D eigenvalue weighted by molar-refractivity contribution is 5.43. The van der Waals surface area contributed by atoms with Gasteiger partial charge in [-0.25, -0.2) is 0 Å². The van der Waals surface area contributed by atoms with E-state index in [1.54, 1.807) is 24.3 Å². The molecule has 0 radical (unpaired) electrons. The molecule has 0 saturated heterocycles. The summed E-state index contributed by atoms with van der Waals surface area (Å²) in [6.45, 7) is 0. The highest BCUT2D eigenvalue weighted by atomic mass is 16.5. The van der Waals surface area contributed by atoms with E-state index in [1.165, 1.54) is 0 Å². The lowest BCUT2D eigenvalue weighted by molar-refractivity contribution is 0.172. The second kappa shape index (κ2) is 4.26. The molecule has 1 aliphatic heterocycles. The SMILES string of the molecule is Oc1ccc2c(c1)OC(c1ccccc1O)CC2. The van der Waals surface area contributed by atoms with E-state index in [0.717, 1.165) is 24.0 Å². The highest BCUT2D eigenvalue weighted by Gasteiger charge is 2.23. The second-order valence-corrected chi connectivity index (χ2v) is 4.50. The van der Waals surface area contributed by atoms with Crippen LogP contribution in [0.4, 0.5) is 0 Å². The number of aryl methyl sites for hydroxylation is 1. The lowest BCUT2D eigenvalue weighted by Gasteiger charge is -2.26. The number of hydrogen-bond donors (Lipinski definition) is 2. The predicted molar refractivity (Wildman–Crippen MR) is 67.9 cm³/mol. The molecule has 0 spiro atoms. The highest BCUT2D eigenvalue weighted by Crippen LogP contribution is 2.38. The quantitative estimate of drug-likeness (QED) is 0.807. The van der Waals surface area contributed by atoms with Gasteiger partial charge in [0.25, 0.3) is 0 Å². The molecule has 92 valence electrons. The van der Waals surface area contributed by atoms with E-state index >= 15 is 0 Å². The van der Waals surface area contributed by atoms with Crippen molar-refractivity contribution in [1.82, 2.24) is 0 Å². The fourth-order valence-corrected chi connectivity index (χ4v) is 2.34. The maximum atomic E-state index is 9.84. The van der Waals surface area contributed by atoms with E-state index in [9.17, 15) is 10.2 Å². The summed E-state index contributed by atoms with van der Waals surface area (Å²) in [7, 11) is 0. The van der Waals surface area contributed by atoms with Crippen molar-refractivity contribution in [3.05, 3.63) is 53.6 Å². The van der Waals surface area contributed by atoms with Gasteiger partial charge in [0, 0.05) is 11.6 Å². The fourth-order valence-electron chi connectivity index (χ4n) is 2.34. The number of rotatable bonds is 1. The van der Waals surface area contributed by atoms with Gasteiger partial charge in [-0.05, 0) is 30.5 Å². The summed E-state index contributed by atoms with van der Waals surface area (Å²) in [5.74, 6) is 1.16. The molecule has 0 saturated carbocycles. The van der Waals surface area contributed by atoms with E-state index in [0.29, 0.717) is 5.75 Å². The third kappa shape index (κ3) is 1.88. The Balaban J connectivity index is 1.93. The summed E-state index contributed by atoms with van der Waals surface area (Å²) >= 11 is 0. The Bertz CT molecular complexity index is 578. The summed E-state index contributed by atoms with van der Waals surface area (Å²) < 4.78 is 5.86. The van der Waals surface area contributed by atoms with Crippen LogP contribution in [-0.4, -0.2) is 10.2 Å². The molecule has 0 aliphatic carbocycles. The molecule has 0 amide bonds. The first kappa shape index (κ1) is 11.0. The second-order valence-electron chi connectivity index (χ2n) is 4.50. The van der Waals surface area contributed by atoms with Crippen LogP contribution in [-0.2, 0) is 6.42 Å². The molecule has 0 fully saturated rings. The van der Waals surface area contributed by atoms with Crippen LogP contribution in [0.5, 0.6) is 17.2 Å². The normalized spacial score (nSPS) is 17.9. The van der Waals surface area contributed by atoms with E-state index in [4.69, 9.17) is 4.74 Å². The molecule has 2 aromatic carbocycles. The summed E-state index contributed by atoms with van der Waals surface area (Å²) in [5, 5.41) is 19.3. The largest absolute Gasteiger partial charge is 0.508 e. The van der Waals surface area contributed by atoms with Crippen LogP contribution < -0.4 is 4.74 Å². The van der Waals surface area contributed by atoms with E-state index in [2.05, 4.69) is 0 Å². The number of fused-ring (bicyclic) bond motifs is 1. The smallest absolute Gasteiger partial charge is 0.128 e. The van der Waals surface area contributed by atoms with Gasteiger partial charge in [0.2, 0.25) is 0 Å². The van der Waals surface area contributed by atoms with Crippen molar-refractivity contribution in [3.63, 3.8) is 0 Å². The third-order valence-electron chi connectivity index (χ3n) is 3.28. The summed E-state index contributed by atoms with van der Waals surface area (Å²) in [6, 6.07) is 12.4. The van der Waals surface area contributed by atoms with Gasteiger partial charge in [-0.1, -0.05) is 24.3 Å². The zero-order chi connectivity index (χ0) is 12.5. The number of aromatic hydroxyl groups is 2. The van der Waals surface area contributed by atoms with Gasteiger partial charge in [0.15, 0.2) is 0 Å². The minimum atomic E-state index is -0.152. The molecular weight excluding hydrogens is 228 g/mol. The summed E-state index contributed by atoms with van der Waals surface area (Å²) in [4.78, 5) is 0. The van der Waals surface area contributed by atoms with Gasteiger partial charge in [-0.2, -0.15) is 0 Å². The number of para-hydroxylation sites is 1.